The van der Waals surface area contributed by atoms with Gasteiger partial charge in [0.1, 0.15) is 6.61 Å². The van der Waals surface area contributed by atoms with Crippen molar-refractivity contribution in [3.8, 4) is 0 Å². The highest BCUT2D eigenvalue weighted by atomic mass is 16.8. The Hall–Kier alpha value is -3.38. The van der Waals surface area contributed by atoms with Crippen LogP contribution in [0.2, 0.25) is 0 Å². The molecule has 0 atom stereocenters. The molecule has 0 radical (unpaired) electrons. The van der Waals surface area contributed by atoms with Crippen molar-refractivity contribution in [1.82, 2.24) is 5.32 Å². The number of anilines is 3. The Labute approximate surface area is 202 Å². The Morgan fingerprint density at radius 2 is 1.86 bits per heavy atom. The van der Waals surface area contributed by atoms with Crippen molar-refractivity contribution in [3.63, 3.8) is 0 Å². The normalized spacial score (nSPS) is 16.5. The van der Waals surface area contributed by atoms with Crippen molar-refractivity contribution in [2.75, 3.05) is 41.3 Å². The number of fused-ring (bicyclic) bond motifs is 1. The lowest BCUT2D eigenvalue weighted by Crippen LogP contribution is -2.51. The summed E-state index contributed by atoms with van der Waals surface area (Å²) in [6, 6.07) is 11.9. The van der Waals surface area contributed by atoms with Gasteiger partial charge in [0.05, 0.1) is 35.8 Å². The highest BCUT2D eigenvalue weighted by Crippen LogP contribution is 2.35. The van der Waals surface area contributed by atoms with Gasteiger partial charge in [0.2, 0.25) is 0 Å². The maximum atomic E-state index is 12.6. The number of cyclic esters (lactones) is 1. The number of aliphatic hydroxyl groups is 2. The van der Waals surface area contributed by atoms with E-state index in [9.17, 15) is 30.2 Å². The van der Waals surface area contributed by atoms with Crippen LogP contribution in [0, 0.1) is 5.21 Å². The van der Waals surface area contributed by atoms with Gasteiger partial charge >= 0.3 is 6.09 Å². The number of hydrogen-bond acceptors (Lipinski definition) is 9. The molecule has 2 amide bonds. The monoisotopic (exact) mass is 485 g/mol. The summed E-state index contributed by atoms with van der Waals surface area (Å²) in [6.07, 6.45) is 0.846. The Morgan fingerprint density at radius 1 is 1.17 bits per heavy atom. The highest BCUT2D eigenvalue weighted by Gasteiger charge is 2.34. The third-order valence-corrected chi connectivity index (χ3v) is 6.53. The fraction of sp³-hybridized carbons (Fsp3) is 0.417. The molecular weight excluding hydrogens is 456 g/mol. The van der Waals surface area contributed by atoms with Crippen LogP contribution >= 0.6 is 0 Å². The molecule has 11 heteroatoms. The van der Waals surface area contributed by atoms with Gasteiger partial charge in [-0.2, -0.15) is 0 Å². The first-order valence-corrected chi connectivity index (χ1v) is 11.4. The molecule has 2 aliphatic rings. The average Bonchev–Trinajstić information content (AvgIpc) is 2.88. The summed E-state index contributed by atoms with van der Waals surface area (Å²) in [4.78, 5) is 28.7. The third-order valence-electron chi connectivity index (χ3n) is 6.53. The van der Waals surface area contributed by atoms with Crippen LogP contribution in [0.15, 0.2) is 42.5 Å². The number of benzene rings is 2. The SMILES string of the molecule is CC(CO)(CO)NC(=O)c1ccc(N2CCC(N3C(=O)OCc4ccccc43)CC2)c(N([O-])O)c1. The van der Waals surface area contributed by atoms with Crippen molar-refractivity contribution < 1.29 is 29.7 Å². The van der Waals surface area contributed by atoms with E-state index in [0.29, 0.717) is 31.6 Å². The number of amides is 2. The summed E-state index contributed by atoms with van der Waals surface area (Å²) in [5.41, 5.74) is 1.00. The molecule has 0 aromatic heterocycles. The number of nitrogens with one attached hydrogen (secondary N) is 1. The number of piperidine rings is 1. The number of carbonyl (C=O) groups excluding carboxylic acids is 2. The quantitative estimate of drug-likeness (QED) is 0.432. The number of para-hydroxylation sites is 1. The van der Waals surface area contributed by atoms with Gasteiger partial charge in [-0.1, -0.05) is 18.2 Å². The lowest BCUT2D eigenvalue weighted by Gasteiger charge is -2.42. The van der Waals surface area contributed by atoms with Gasteiger partial charge in [0, 0.05) is 30.3 Å². The Bertz CT molecular complexity index is 1080. The van der Waals surface area contributed by atoms with Crippen molar-refractivity contribution in [1.29, 1.82) is 0 Å². The molecule has 0 aliphatic carbocycles. The van der Waals surface area contributed by atoms with Crippen molar-refractivity contribution >= 4 is 29.1 Å². The number of carbonyl (C=O) groups is 2. The molecule has 2 heterocycles. The number of rotatable bonds is 7. The van der Waals surface area contributed by atoms with Gasteiger partial charge in [0.15, 0.2) is 0 Å². The summed E-state index contributed by atoms with van der Waals surface area (Å²) >= 11 is 0. The minimum Gasteiger partial charge on any atom is -0.733 e. The first-order valence-electron chi connectivity index (χ1n) is 11.4. The largest absolute Gasteiger partial charge is 0.733 e. The minimum absolute atomic E-state index is 0.0826. The second kappa shape index (κ2) is 10.1. The van der Waals surface area contributed by atoms with E-state index in [-0.39, 0.29) is 35.2 Å². The van der Waals surface area contributed by atoms with Gasteiger partial charge < -0.3 is 35.6 Å². The maximum absolute atomic E-state index is 12.6. The highest BCUT2D eigenvalue weighted by molar-refractivity contribution is 5.97. The van der Waals surface area contributed by atoms with Crippen molar-refractivity contribution in [3.05, 3.63) is 58.8 Å². The van der Waals surface area contributed by atoms with Gasteiger partial charge in [-0.05, 0) is 44.0 Å². The van der Waals surface area contributed by atoms with E-state index >= 15 is 0 Å². The van der Waals surface area contributed by atoms with Crippen LogP contribution in [0.1, 0.15) is 35.7 Å². The summed E-state index contributed by atoms with van der Waals surface area (Å²) in [6.45, 7) is 1.80. The summed E-state index contributed by atoms with van der Waals surface area (Å²) in [5.74, 6) is -0.605. The number of hydrogen-bond donors (Lipinski definition) is 4. The molecule has 4 N–H and O–H groups in total. The molecule has 0 unspecified atom stereocenters. The Morgan fingerprint density at radius 3 is 2.51 bits per heavy atom. The number of nitrogens with zero attached hydrogens (tertiary/aromatic N) is 3. The van der Waals surface area contributed by atoms with Crippen LogP contribution in [-0.4, -0.2) is 65.3 Å². The molecule has 2 aromatic rings. The van der Waals surface area contributed by atoms with Crippen LogP contribution in [0.5, 0.6) is 0 Å². The Balaban J connectivity index is 1.50. The van der Waals surface area contributed by atoms with Gasteiger partial charge in [-0.3, -0.25) is 14.9 Å². The zero-order valence-corrected chi connectivity index (χ0v) is 19.4. The molecular formula is C24H29N4O7-. The predicted octanol–water partition coefficient (Wildman–Crippen LogP) is 1.98. The van der Waals surface area contributed by atoms with E-state index in [0.717, 1.165) is 11.3 Å². The zero-order chi connectivity index (χ0) is 25.2. The van der Waals surface area contributed by atoms with E-state index in [2.05, 4.69) is 5.32 Å². The van der Waals surface area contributed by atoms with Crippen LogP contribution < -0.4 is 20.3 Å². The van der Waals surface area contributed by atoms with E-state index in [1.54, 1.807) is 11.0 Å². The van der Waals surface area contributed by atoms with Crippen LogP contribution in [0.4, 0.5) is 21.9 Å². The summed E-state index contributed by atoms with van der Waals surface area (Å²) in [7, 11) is 0. The second-order valence-electron chi connectivity index (χ2n) is 9.08. The zero-order valence-electron chi connectivity index (χ0n) is 19.4. The topological polar surface area (TPSA) is 149 Å². The smallest absolute Gasteiger partial charge is 0.414 e. The lowest BCUT2D eigenvalue weighted by molar-refractivity contribution is 0.0724. The fourth-order valence-electron chi connectivity index (χ4n) is 4.45. The van der Waals surface area contributed by atoms with Gasteiger partial charge in [-0.15, -0.1) is 0 Å². The van der Waals surface area contributed by atoms with Gasteiger partial charge in [0.25, 0.3) is 5.91 Å². The third kappa shape index (κ3) is 5.03. The van der Waals surface area contributed by atoms with Crippen LogP contribution in [-0.2, 0) is 11.3 Å². The van der Waals surface area contributed by atoms with E-state index in [1.165, 1.54) is 19.1 Å². The molecule has 1 saturated heterocycles. The fourth-order valence-corrected chi connectivity index (χ4v) is 4.45. The minimum atomic E-state index is -1.23. The molecule has 0 bridgehead atoms. The van der Waals surface area contributed by atoms with Crippen molar-refractivity contribution in [2.45, 2.75) is 38.0 Å². The molecule has 1 fully saturated rings. The lowest BCUT2D eigenvalue weighted by atomic mass is 9.99. The molecule has 0 spiro atoms. The van der Waals surface area contributed by atoms with E-state index in [4.69, 9.17) is 4.74 Å². The molecule has 0 saturated carbocycles. The predicted molar refractivity (Wildman–Crippen MR) is 128 cm³/mol. The Kier molecular flexibility index (Phi) is 7.13. The summed E-state index contributed by atoms with van der Waals surface area (Å²) < 4.78 is 5.34. The summed E-state index contributed by atoms with van der Waals surface area (Å²) in [5, 5.41) is 42.7. The van der Waals surface area contributed by atoms with E-state index in [1.807, 2.05) is 29.2 Å². The van der Waals surface area contributed by atoms with Crippen molar-refractivity contribution in [2.24, 2.45) is 0 Å². The molecule has 2 aromatic carbocycles. The molecule has 11 nitrogen and oxygen atoms in total. The van der Waals surface area contributed by atoms with Crippen LogP contribution in [0.3, 0.4) is 0 Å². The molecule has 35 heavy (non-hydrogen) atoms. The molecule has 2 aliphatic heterocycles. The number of ether oxygens (including phenoxy) is 1. The molecule has 188 valence electrons. The first kappa shape index (κ1) is 24.7. The van der Waals surface area contributed by atoms with Gasteiger partial charge in [-0.25, -0.2) is 4.79 Å². The second-order valence-corrected chi connectivity index (χ2v) is 9.08. The maximum Gasteiger partial charge on any atom is 0.414 e. The van der Waals surface area contributed by atoms with Crippen LogP contribution in [0.25, 0.3) is 0 Å². The molecule has 4 rings (SSSR count). The standard InChI is InChI=1S/C24H29N4O7/c1-24(14-29,15-30)25-22(31)16-6-7-20(21(12-16)28(33)34)26-10-8-18(9-11-26)27-19-5-3-2-4-17(19)13-35-23(27)32/h2-7,12,18,29-30,33H,8-11,13-15H2,1H3,(H,25,31)/q-1. The van der Waals surface area contributed by atoms with E-state index < -0.39 is 24.7 Å². The average molecular weight is 486 g/mol. The first-order chi connectivity index (χ1) is 16.8. The number of aliphatic hydroxyl groups excluding tert-OH is 2.